The van der Waals surface area contributed by atoms with Crippen LogP contribution in [0.15, 0.2) is 48.5 Å². The third-order valence-corrected chi connectivity index (χ3v) is 4.01. The van der Waals surface area contributed by atoms with Crippen molar-refractivity contribution >= 4 is 15.9 Å². The van der Waals surface area contributed by atoms with E-state index < -0.39 is 0 Å². The second-order valence-electron chi connectivity index (χ2n) is 4.72. The molecule has 1 unspecified atom stereocenters. The summed E-state index contributed by atoms with van der Waals surface area (Å²) in [6.45, 7) is 0. The molecule has 1 nitrogen and oxygen atoms in total. The van der Waals surface area contributed by atoms with Crippen molar-refractivity contribution in [1.82, 2.24) is 0 Å². The molecule has 0 amide bonds. The fraction of sp³-hybridized carbons (Fsp3) is 0.250. The Morgan fingerprint density at radius 1 is 1.00 bits per heavy atom. The van der Waals surface area contributed by atoms with Crippen LogP contribution in [-0.2, 0) is 12.8 Å². The van der Waals surface area contributed by atoms with Crippen LogP contribution in [0, 0.1) is 11.7 Å². The second-order valence-corrected chi connectivity index (χ2v) is 5.37. The summed E-state index contributed by atoms with van der Waals surface area (Å²) in [6, 6.07) is 14.0. The first-order valence-electron chi connectivity index (χ1n) is 6.25. The minimum atomic E-state index is -0.185. The fourth-order valence-electron chi connectivity index (χ4n) is 2.14. The van der Waals surface area contributed by atoms with Crippen molar-refractivity contribution in [2.24, 2.45) is 5.92 Å². The van der Waals surface area contributed by atoms with Crippen LogP contribution in [0.3, 0.4) is 0 Å². The highest BCUT2D eigenvalue weighted by Crippen LogP contribution is 2.19. The number of benzene rings is 2. The molecule has 0 aliphatic carbocycles. The Morgan fingerprint density at radius 3 is 2.32 bits per heavy atom. The quantitative estimate of drug-likeness (QED) is 0.812. The van der Waals surface area contributed by atoms with Crippen molar-refractivity contribution in [3.63, 3.8) is 0 Å². The first-order valence-corrected chi connectivity index (χ1v) is 7.38. The number of phenols is 1. The van der Waals surface area contributed by atoms with E-state index in [4.69, 9.17) is 0 Å². The minimum Gasteiger partial charge on any atom is -0.508 e. The van der Waals surface area contributed by atoms with Crippen LogP contribution in [0.5, 0.6) is 5.75 Å². The maximum atomic E-state index is 13.2. The number of hydrogen-bond donors (Lipinski definition) is 1. The Morgan fingerprint density at radius 2 is 1.68 bits per heavy atom. The molecule has 0 bridgehead atoms. The van der Waals surface area contributed by atoms with Crippen molar-refractivity contribution in [2.75, 3.05) is 5.33 Å². The van der Waals surface area contributed by atoms with Crippen LogP contribution in [0.25, 0.3) is 0 Å². The standard InChI is InChI=1S/C16H16BrFO/c17-11-14(8-12-4-6-16(19)7-5-12)9-13-2-1-3-15(18)10-13/h1-7,10,14,19H,8-9,11H2. The Hall–Kier alpha value is -1.35. The summed E-state index contributed by atoms with van der Waals surface area (Å²) in [7, 11) is 0. The molecule has 0 fully saturated rings. The SMILES string of the molecule is Oc1ccc(CC(CBr)Cc2cccc(F)c2)cc1. The van der Waals surface area contributed by atoms with Crippen LogP contribution in [0.1, 0.15) is 11.1 Å². The van der Waals surface area contributed by atoms with E-state index in [2.05, 4.69) is 15.9 Å². The van der Waals surface area contributed by atoms with E-state index in [9.17, 15) is 9.50 Å². The van der Waals surface area contributed by atoms with Crippen LogP contribution in [0.4, 0.5) is 4.39 Å². The molecule has 1 N–H and O–H groups in total. The molecular formula is C16H16BrFO. The van der Waals surface area contributed by atoms with Crippen LogP contribution < -0.4 is 0 Å². The van der Waals surface area contributed by atoms with Gasteiger partial charge in [-0.05, 0) is 54.2 Å². The van der Waals surface area contributed by atoms with Gasteiger partial charge in [-0.2, -0.15) is 0 Å². The van der Waals surface area contributed by atoms with Crippen molar-refractivity contribution < 1.29 is 9.50 Å². The third-order valence-electron chi connectivity index (χ3n) is 3.09. The number of halogens is 2. The Labute approximate surface area is 121 Å². The predicted molar refractivity (Wildman–Crippen MR) is 79.2 cm³/mol. The van der Waals surface area contributed by atoms with Crippen LogP contribution in [0.2, 0.25) is 0 Å². The number of rotatable bonds is 5. The minimum absolute atomic E-state index is 0.185. The summed E-state index contributed by atoms with van der Waals surface area (Å²) in [6.07, 6.45) is 1.74. The van der Waals surface area contributed by atoms with Gasteiger partial charge in [-0.15, -0.1) is 0 Å². The highest BCUT2D eigenvalue weighted by molar-refractivity contribution is 9.09. The molecule has 0 aromatic heterocycles. The maximum absolute atomic E-state index is 13.2. The molecule has 1 atom stereocenters. The fourth-order valence-corrected chi connectivity index (χ4v) is 2.60. The molecule has 0 saturated heterocycles. The van der Waals surface area contributed by atoms with Gasteiger partial charge in [0.25, 0.3) is 0 Å². The van der Waals surface area contributed by atoms with Gasteiger partial charge in [-0.25, -0.2) is 4.39 Å². The van der Waals surface area contributed by atoms with Gasteiger partial charge in [0.05, 0.1) is 0 Å². The summed E-state index contributed by atoms with van der Waals surface area (Å²) >= 11 is 3.52. The topological polar surface area (TPSA) is 20.2 Å². The van der Waals surface area contributed by atoms with E-state index in [1.165, 1.54) is 11.6 Å². The molecule has 0 aliphatic heterocycles. The van der Waals surface area contributed by atoms with Gasteiger partial charge in [0.2, 0.25) is 0 Å². The molecule has 2 rings (SSSR count). The molecule has 0 heterocycles. The highest BCUT2D eigenvalue weighted by Gasteiger charge is 2.10. The third kappa shape index (κ3) is 4.35. The van der Waals surface area contributed by atoms with Crippen LogP contribution in [-0.4, -0.2) is 10.4 Å². The summed E-state index contributed by atoms with van der Waals surface area (Å²) < 4.78 is 13.2. The largest absolute Gasteiger partial charge is 0.508 e. The first kappa shape index (κ1) is 14.1. The molecule has 0 spiro atoms. The van der Waals surface area contributed by atoms with Gasteiger partial charge in [0, 0.05) is 5.33 Å². The summed E-state index contributed by atoms with van der Waals surface area (Å²) in [5.74, 6) is 0.506. The zero-order valence-corrected chi connectivity index (χ0v) is 12.1. The summed E-state index contributed by atoms with van der Waals surface area (Å²) in [5.41, 5.74) is 2.20. The van der Waals surface area contributed by atoms with Crippen molar-refractivity contribution in [1.29, 1.82) is 0 Å². The lowest BCUT2D eigenvalue weighted by molar-refractivity contribution is 0.474. The van der Waals surface area contributed by atoms with Gasteiger partial charge < -0.3 is 5.11 Å². The average molecular weight is 323 g/mol. The number of hydrogen-bond acceptors (Lipinski definition) is 1. The van der Waals surface area contributed by atoms with Gasteiger partial charge in [0.1, 0.15) is 11.6 Å². The van der Waals surface area contributed by atoms with E-state index in [0.29, 0.717) is 5.92 Å². The van der Waals surface area contributed by atoms with Gasteiger partial charge in [-0.3, -0.25) is 0 Å². The molecule has 100 valence electrons. The molecule has 0 saturated carbocycles. The molecule has 3 heteroatoms. The zero-order chi connectivity index (χ0) is 13.7. The molecule has 0 aliphatic rings. The normalized spacial score (nSPS) is 12.3. The monoisotopic (exact) mass is 322 g/mol. The van der Waals surface area contributed by atoms with Gasteiger partial charge in [0.15, 0.2) is 0 Å². The van der Waals surface area contributed by atoms with E-state index in [1.54, 1.807) is 24.3 Å². The lowest BCUT2D eigenvalue weighted by Gasteiger charge is -2.14. The van der Waals surface area contributed by atoms with E-state index in [-0.39, 0.29) is 11.6 Å². The lowest BCUT2D eigenvalue weighted by Crippen LogP contribution is -2.10. The lowest BCUT2D eigenvalue weighted by atomic mass is 9.94. The molecule has 2 aromatic rings. The molecule has 2 aromatic carbocycles. The Bertz CT molecular complexity index is 525. The first-order chi connectivity index (χ1) is 9.17. The maximum Gasteiger partial charge on any atom is 0.123 e. The van der Waals surface area contributed by atoms with Crippen molar-refractivity contribution in [2.45, 2.75) is 12.8 Å². The predicted octanol–water partition coefficient (Wildman–Crippen LogP) is 4.33. The molecular weight excluding hydrogens is 307 g/mol. The smallest absolute Gasteiger partial charge is 0.123 e. The zero-order valence-electron chi connectivity index (χ0n) is 10.5. The van der Waals surface area contributed by atoms with Crippen molar-refractivity contribution in [3.8, 4) is 5.75 Å². The number of alkyl halides is 1. The summed E-state index contributed by atoms with van der Waals surface area (Å²) in [4.78, 5) is 0. The van der Waals surface area contributed by atoms with E-state index in [1.807, 2.05) is 18.2 Å². The van der Waals surface area contributed by atoms with Gasteiger partial charge in [-0.1, -0.05) is 40.2 Å². The van der Waals surface area contributed by atoms with Gasteiger partial charge >= 0.3 is 0 Å². The Balaban J connectivity index is 2.02. The van der Waals surface area contributed by atoms with Crippen LogP contribution >= 0.6 is 15.9 Å². The Kier molecular flexibility index (Phi) is 4.97. The highest BCUT2D eigenvalue weighted by atomic mass is 79.9. The second kappa shape index (κ2) is 6.71. The van der Waals surface area contributed by atoms with E-state index >= 15 is 0 Å². The number of aromatic hydroxyl groups is 1. The average Bonchev–Trinajstić information content (AvgIpc) is 2.40. The molecule has 0 radical (unpaired) electrons. The number of phenolic OH excluding ortho intramolecular Hbond substituents is 1. The van der Waals surface area contributed by atoms with Crippen molar-refractivity contribution in [3.05, 3.63) is 65.5 Å². The molecule has 19 heavy (non-hydrogen) atoms. The summed E-state index contributed by atoms with van der Waals surface area (Å²) in [5, 5.41) is 10.1. The van der Waals surface area contributed by atoms with E-state index in [0.717, 1.165) is 23.7 Å².